The molecule has 1 atom stereocenters. The number of rotatable bonds is 6. The summed E-state index contributed by atoms with van der Waals surface area (Å²) in [6, 6.07) is 7.37. The molecule has 0 saturated heterocycles. The lowest BCUT2D eigenvalue weighted by molar-refractivity contribution is -0.139. The average molecular weight is 280 g/mol. The van der Waals surface area contributed by atoms with Crippen LogP contribution in [-0.2, 0) is 14.3 Å². The monoisotopic (exact) mass is 280 g/mol. The molecule has 1 rings (SSSR count). The summed E-state index contributed by atoms with van der Waals surface area (Å²) in [7, 11) is 3.11. The summed E-state index contributed by atoms with van der Waals surface area (Å²) in [6.45, 7) is 2.34. The highest BCUT2D eigenvalue weighted by Gasteiger charge is 2.18. The van der Waals surface area contributed by atoms with Gasteiger partial charge in [0.05, 0.1) is 7.11 Å². The van der Waals surface area contributed by atoms with Gasteiger partial charge in [0.2, 0.25) is 0 Å². The van der Waals surface area contributed by atoms with Crippen molar-refractivity contribution in [3.05, 3.63) is 29.8 Å². The second-order valence-electron chi connectivity index (χ2n) is 4.04. The van der Waals surface area contributed by atoms with Crippen LogP contribution in [0.5, 0.6) is 5.75 Å². The van der Waals surface area contributed by atoms with Crippen molar-refractivity contribution in [2.24, 2.45) is 0 Å². The standard InChI is InChI=1S/C14H20N2O4/c1-4-15-13(17)14(18)16-9-12(20-3)10-7-5-6-8-11(10)19-2/h5-8,12H,4,9H2,1-3H3,(H,15,17)(H,16,18). The van der Waals surface area contributed by atoms with Crippen LogP contribution in [0.1, 0.15) is 18.6 Å². The summed E-state index contributed by atoms with van der Waals surface area (Å²) >= 11 is 0. The molecule has 0 radical (unpaired) electrons. The predicted octanol–water partition coefficient (Wildman–Crippen LogP) is 0.635. The van der Waals surface area contributed by atoms with Gasteiger partial charge in [-0.25, -0.2) is 0 Å². The van der Waals surface area contributed by atoms with E-state index in [0.29, 0.717) is 12.3 Å². The van der Waals surface area contributed by atoms with Gasteiger partial charge < -0.3 is 20.1 Å². The zero-order valence-electron chi connectivity index (χ0n) is 11.9. The lowest BCUT2D eigenvalue weighted by atomic mass is 10.1. The van der Waals surface area contributed by atoms with E-state index in [2.05, 4.69) is 10.6 Å². The van der Waals surface area contributed by atoms with Gasteiger partial charge in [0.25, 0.3) is 0 Å². The van der Waals surface area contributed by atoms with Crippen LogP contribution in [0.2, 0.25) is 0 Å². The molecule has 0 aliphatic rings. The number of para-hydroxylation sites is 1. The number of amides is 2. The minimum Gasteiger partial charge on any atom is -0.496 e. The fourth-order valence-corrected chi connectivity index (χ4v) is 1.76. The summed E-state index contributed by atoms with van der Waals surface area (Å²) < 4.78 is 10.6. The van der Waals surface area contributed by atoms with Crippen molar-refractivity contribution in [1.82, 2.24) is 10.6 Å². The minimum atomic E-state index is -0.677. The summed E-state index contributed by atoms with van der Waals surface area (Å²) in [5.74, 6) is -0.655. The Bertz CT molecular complexity index is 462. The highest BCUT2D eigenvalue weighted by molar-refractivity contribution is 6.35. The molecule has 0 aromatic heterocycles. The topological polar surface area (TPSA) is 76.7 Å². The Balaban J connectivity index is 2.68. The van der Waals surface area contributed by atoms with Crippen molar-refractivity contribution in [3.63, 3.8) is 0 Å². The van der Waals surface area contributed by atoms with Gasteiger partial charge in [0, 0.05) is 25.8 Å². The maximum absolute atomic E-state index is 11.5. The number of nitrogens with one attached hydrogen (secondary N) is 2. The summed E-state index contributed by atoms with van der Waals surface area (Å²) in [4.78, 5) is 22.8. The van der Waals surface area contributed by atoms with Gasteiger partial charge in [-0.3, -0.25) is 9.59 Å². The third-order valence-corrected chi connectivity index (χ3v) is 2.76. The number of hydrogen-bond acceptors (Lipinski definition) is 4. The normalized spacial score (nSPS) is 11.6. The molecule has 110 valence electrons. The molecular weight excluding hydrogens is 260 g/mol. The molecule has 6 heteroatoms. The molecule has 20 heavy (non-hydrogen) atoms. The first-order valence-corrected chi connectivity index (χ1v) is 6.35. The van der Waals surface area contributed by atoms with Crippen molar-refractivity contribution in [2.45, 2.75) is 13.0 Å². The van der Waals surface area contributed by atoms with Crippen LogP contribution in [0.4, 0.5) is 0 Å². The molecular formula is C14H20N2O4. The van der Waals surface area contributed by atoms with Crippen LogP contribution in [0.15, 0.2) is 24.3 Å². The number of carbonyl (C=O) groups excluding carboxylic acids is 2. The quantitative estimate of drug-likeness (QED) is 0.750. The fraction of sp³-hybridized carbons (Fsp3) is 0.429. The summed E-state index contributed by atoms with van der Waals surface area (Å²) in [6.07, 6.45) is -0.385. The Labute approximate surface area is 118 Å². The first-order chi connectivity index (χ1) is 9.63. The number of hydrogen-bond donors (Lipinski definition) is 2. The number of ether oxygens (including phenoxy) is 2. The van der Waals surface area contributed by atoms with E-state index in [4.69, 9.17) is 9.47 Å². The van der Waals surface area contributed by atoms with E-state index in [9.17, 15) is 9.59 Å². The molecule has 0 heterocycles. The van der Waals surface area contributed by atoms with Crippen molar-refractivity contribution in [2.75, 3.05) is 27.3 Å². The van der Waals surface area contributed by atoms with Gasteiger partial charge in [-0.1, -0.05) is 18.2 Å². The Morgan fingerprint density at radius 3 is 2.40 bits per heavy atom. The Hall–Kier alpha value is -2.08. The van der Waals surface area contributed by atoms with Crippen LogP contribution in [0.25, 0.3) is 0 Å². The lowest BCUT2D eigenvalue weighted by Gasteiger charge is -2.18. The molecule has 0 fully saturated rings. The maximum atomic E-state index is 11.5. The van der Waals surface area contributed by atoms with Gasteiger partial charge in [0.1, 0.15) is 11.9 Å². The lowest BCUT2D eigenvalue weighted by Crippen LogP contribution is -2.41. The molecule has 2 N–H and O–H groups in total. The van der Waals surface area contributed by atoms with E-state index in [-0.39, 0.29) is 12.6 Å². The molecule has 0 aliphatic heterocycles. The first-order valence-electron chi connectivity index (χ1n) is 6.35. The van der Waals surface area contributed by atoms with E-state index >= 15 is 0 Å². The third-order valence-electron chi connectivity index (χ3n) is 2.76. The predicted molar refractivity (Wildman–Crippen MR) is 74.4 cm³/mol. The number of methoxy groups -OCH3 is 2. The number of carbonyl (C=O) groups is 2. The Morgan fingerprint density at radius 1 is 1.15 bits per heavy atom. The highest BCUT2D eigenvalue weighted by Crippen LogP contribution is 2.26. The molecule has 6 nitrogen and oxygen atoms in total. The van der Waals surface area contributed by atoms with E-state index in [1.165, 1.54) is 7.11 Å². The molecule has 0 saturated carbocycles. The van der Waals surface area contributed by atoms with E-state index in [0.717, 1.165) is 5.56 Å². The SMILES string of the molecule is CCNC(=O)C(=O)NCC(OC)c1ccccc1OC. The molecule has 0 spiro atoms. The summed E-state index contributed by atoms with van der Waals surface area (Å²) in [5.41, 5.74) is 0.814. The van der Waals surface area contributed by atoms with Gasteiger partial charge in [-0.15, -0.1) is 0 Å². The van der Waals surface area contributed by atoms with Crippen molar-refractivity contribution in [1.29, 1.82) is 0 Å². The molecule has 0 bridgehead atoms. The summed E-state index contributed by atoms with van der Waals surface area (Å²) in [5, 5.41) is 4.97. The number of benzene rings is 1. The van der Waals surface area contributed by atoms with Crippen molar-refractivity contribution < 1.29 is 19.1 Å². The van der Waals surface area contributed by atoms with Crippen molar-refractivity contribution in [3.8, 4) is 5.75 Å². The number of likely N-dealkylation sites (N-methyl/N-ethyl adjacent to an activating group) is 1. The van der Waals surface area contributed by atoms with Crippen LogP contribution in [-0.4, -0.2) is 39.1 Å². The Morgan fingerprint density at radius 2 is 1.80 bits per heavy atom. The fourth-order valence-electron chi connectivity index (χ4n) is 1.76. The van der Waals surface area contributed by atoms with E-state index in [1.807, 2.05) is 24.3 Å². The zero-order valence-corrected chi connectivity index (χ0v) is 11.9. The smallest absolute Gasteiger partial charge is 0.309 e. The molecule has 1 aromatic carbocycles. The van der Waals surface area contributed by atoms with Crippen LogP contribution in [0, 0.1) is 0 Å². The van der Waals surface area contributed by atoms with Crippen LogP contribution < -0.4 is 15.4 Å². The Kier molecular flexibility index (Phi) is 6.52. The largest absolute Gasteiger partial charge is 0.496 e. The van der Waals surface area contributed by atoms with Gasteiger partial charge in [-0.05, 0) is 13.0 Å². The van der Waals surface area contributed by atoms with Crippen LogP contribution >= 0.6 is 0 Å². The molecule has 1 unspecified atom stereocenters. The average Bonchev–Trinajstić information content (AvgIpc) is 2.48. The van der Waals surface area contributed by atoms with E-state index < -0.39 is 11.8 Å². The first kappa shape index (κ1) is 16.0. The van der Waals surface area contributed by atoms with Gasteiger partial charge >= 0.3 is 11.8 Å². The van der Waals surface area contributed by atoms with Crippen LogP contribution in [0.3, 0.4) is 0 Å². The third kappa shape index (κ3) is 4.24. The second-order valence-corrected chi connectivity index (χ2v) is 4.04. The van der Waals surface area contributed by atoms with E-state index in [1.54, 1.807) is 14.0 Å². The molecule has 0 aliphatic carbocycles. The highest BCUT2D eigenvalue weighted by atomic mass is 16.5. The zero-order chi connectivity index (χ0) is 15.0. The molecule has 1 aromatic rings. The molecule has 2 amide bonds. The second kappa shape index (κ2) is 8.16. The minimum absolute atomic E-state index is 0.187. The van der Waals surface area contributed by atoms with Crippen molar-refractivity contribution >= 4 is 11.8 Å². The maximum Gasteiger partial charge on any atom is 0.309 e. The van der Waals surface area contributed by atoms with Gasteiger partial charge in [0.15, 0.2) is 0 Å². The van der Waals surface area contributed by atoms with Gasteiger partial charge in [-0.2, -0.15) is 0 Å².